The van der Waals surface area contributed by atoms with Crippen molar-refractivity contribution in [2.75, 3.05) is 0 Å². The molecule has 240 valence electrons. The van der Waals surface area contributed by atoms with Crippen molar-refractivity contribution in [1.82, 2.24) is 4.57 Å². The Bertz CT molecular complexity index is 2850. The van der Waals surface area contributed by atoms with Gasteiger partial charge in [0, 0.05) is 32.8 Å². The van der Waals surface area contributed by atoms with Gasteiger partial charge in [0.15, 0.2) is 0 Å². The Kier molecular flexibility index (Phi) is 6.75. The number of hydrogen-bond acceptors (Lipinski definition) is 1. The Morgan fingerprint density at radius 2 is 0.922 bits per heavy atom. The molecule has 0 saturated heterocycles. The van der Waals surface area contributed by atoms with Gasteiger partial charge in [-0.15, -0.1) is 0 Å². The van der Waals surface area contributed by atoms with Crippen molar-refractivity contribution in [3.63, 3.8) is 0 Å². The molecular weight excluding hydrogens is 619 g/mol. The number of fused-ring (bicyclic) bond motifs is 6. The van der Waals surface area contributed by atoms with Gasteiger partial charge in [-0.2, -0.15) is 0 Å². The topological polar surface area (TPSA) is 18.1 Å². The summed E-state index contributed by atoms with van der Waals surface area (Å²) in [4.78, 5) is 0. The van der Waals surface area contributed by atoms with Crippen LogP contribution in [0.3, 0.4) is 0 Å². The van der Waals surface area contributed by atoms with E-state index in [-0.39, 0.29) is 0 Å². The Morgan fingerprint density at radius 1 is 0.373 bits per heavy atom. The van der Waals surface area contributed by atoms with Gasteiger partial charge in [0.05, 0.1) is 11.0 Å². The summed E-state index contributed by atoms with van der Waals surface area (Å²) in [6, 6.07) is 65.5. The minimum Gasteiger partial charge on any atom is -0.455 e. The average molecular weight is 652 g/mol. The molecule has 0 N–H and O–H groups in total. The van der Waals surface area contributed by atoms with E-state index < -0.39 is 0 Å². The van der Waals surface area contributed by atoms with Crippen LogP contribution in [0.15, 0.2) is 186 Å². The fourth-order valence-electron chi connectivity index (χ4n) is 7.82. The minimum atomic E-state index is 0.893. The van der Waals surface area contributed by atoms with Gasteiger partial charge in [0.25, 0.3) is 0 Å². The maximum Gasteiger partial charge on any atom is 0.143 e. The Labute approximate surface area is 296 Å². The van der Waals surface area contributed by atoms with E-state index in [0.717, 1.165) is 38.8 Å². The van der Waals surface area contributed by atoms with Gasteiger partial charge in [-0.3, -0.25) is 0 Å². The number of rotatable bonds is 5. The van der Waals surface area contributed by atoms with E-state index in [9.17, 15) is 0 Å². The summed E-state index contributed by atoms with van der Waals surface area (Å²) in [6.45, 7) is 2.18. The van der Waals surface area contributed by atoms with Gasteiger partial charge in [0.1, 0.15) is 11.2 Å². The fourth-order valence-corrected chi connectivity index (χ4v) is 7.82. The molecule has 2 heterocycles. The number of aryl methyl sites for hydroxylation is 1. The molecule has 0 saturated carbocycles. The van der Waals surface area contributed by atoms with Crippen LogP contribution in [0, 0.1) is 6.92 Å². The molecule has 0 unspecified atom stereocenters. The standard InChI is InChI=1S/C49H33NO/c1-32-27-39(30-40(28-32)50-46-19-7-5-15-42(46)43-16-6-8-20-47(43)50)41-17-10-18-44-45-31-38(25-26-48(45)51-49(41)44)37-14-9-13-36(29-37)35-23-21-34(22-24-35)33-11-3-2-4-12-33/h2-31H,1H3. The maximum absolute atomic E-state index is 6.67. The van der Waals surface area contributed by atoms with Gasteiger partial charge in [-0.05, 0) is 93.9 Å². The second-order valence-corrected chi connectivity index (χ2v) is 13.4. The molecule has 0 amide bonds. The van der Waals surface area contributed by atoms with Gasteiger partial charge >= 0.3 is 0 Å². The van der Waals surface area contributed by atoms with Crippen molar-refractivity contribution in [3.05, 3.63) is 188 Å². The third kappa shape index (κ3) is 4.95. The normalized spacial score (nSPS) is 11.6. The summed E-state index contributed by atoms with van der Waals surface area (Å²) in [5, 5.41) is 4.77. The van der Waals surface area contributed by atoms with Gasteiger partial charge in [-0.1, -0.05) is 140 Å². The van der Waals surface area contributed by atoms with Gasteiger partial charge < -0.3 is 8.98 Å². The van der Waals surface area contributed by atoms with E-state index in [0.29, 0.717) is 0 Å². The van der Waals surface area contributed by atoms with Crippen LogP contribution in [0.25, 0.3) is 93.9 Å². The Hall–Kier alpha value is -6.64. The molecule has 0 aliphatic rings. The number of furan rings is 1. The zero-order valence-corrected chi connectivity index (χ0v) is 28.2. The first-order valence-electron chi connectivity index (χ1n) is 17.5. The van der Waals surface area contributed by atoms with Crippen LogP contribution in [0.2, 0.25) is 0 Å². The highest BCUT2D eigenvalue weighted by molar-refractivity contribution is 6.11. The summed E-state index contributed by atoms with van der Waals surface area (Å²) in [5.41, 5.74) is 16.0. The predicted octanol–water partition coefficient (Wildman–Crippen LogP) is 13.7. The molecule has 0 radical (unpaired) electrons. The number of nitrogens with zero attached hydrogens (tertiary/aromatic N) is 1. The fraction of sp³-hybridized carbons (Fsp3) is 0.0204. The molecule has 2 nitrogen and oxygen atoms in total. The molecule has 0 aliphatic carbocycles. The summed E-state index contributed by atoms with van der Waals surface area (Å²) in [7, 11) is 0. The molecule has 0 spiro atoms. The third-order valence-corrected chi connectivity index (χ3v) is 10.2. The highest BCUT2D eigenvalue weighted by atomic mass is 16.3. The number of hydrogen-bond donors (Lipinski definition) is 0. The van der Waals surface area contributed by atoms with E-state index in [1.165, 1.54) is 60.8 Å². The van der Waals surface area contributed by atoms with Gasteiger partial charge in [-0.25, -0.2) is 0 Å². The van der Waals surface area contributed by atoms with Crippen molar-refractivity contribution >= 4 is 43.7 Å². The molecule has 2 heteroatoms. The van der Waals surface area contributed by atoms with E-state index in [2.05, 4.69) is 193 Å². The molecule has 10 aromatic rings. The number of benzene rings is 8. The van der Waals surface area contributed by atoms with Crippen LogP contribution >= 0.6 is 0 Å². The molecule has 2 aromatic heterocycles. The summed E-state index contributed by atoms with van der Waals surface area (Å²) in [6.07, 6.45) is 0. The van der Waals surface area contributed by atoms with Crippen molar-refractivity contribution in [2.24, 2.45) is 0 Å². The summed E-state index contributed by atoms with van der Waals surface area (Å²) < 4.78 is 9.06. The molecule has 51 heavy (non-hydrogen) atoms. The lowest BCUT2D eigenvalue weighted by Crippen LogP contribution is -1.95. The van der Waals surface area contributed by atoms with Crippen LogP contribution < -0.4 is 0 Å². The quantitative estimate of drug-likeness (QED) is 0.181. The molecule has 0 atom stereocenters. The first kappa shape index (κ1) is 29.3. The highest BCUT2D eigenvalue weighted by Gasteiger charge is 2.17. The summed E-state index contributed by atoms with van der Waals surface area (Å²) >= 11 is 0. The average Bonchev–Trinajstić information content (AvgIpc) is 3.74. The van der Waals surface area contributed by atoms with Gasteiger partial charge in [0.2, 0.25) is 0 Å². The van der Waals surface area contributed by atoms with E-state index in [1.54, 1.807) is 0 Å². The maximum atomic E-state index is 6.67. The summed E-state index contributed by atoms with van der Waals surface area (Å²) in [5.74, 6) is 0. The van der Waals surface area contributed by atoms with E-state index >= 15 is 0 Å². The SMILES string of the molecule is Cc1cc(-c2cccc3c2oc2ccc(-c4cccc(-c5ccc(-c6ccccc6)cc5)c4)cc23)cc(-n2c3ccccc3c3ccccc32)c1. The first-order chi connectivity index (χ1) is 25.2. The van der Waals surface area contributed by atoms with Crippen LogP contribution in [-0.2, 0) is 0 Å². The molecular formula is C49H33NO. The second-order valence-electron chi connectivity index (χ2n) is 13.4. The molecule has 0 bridgehead atoms. The highest BCUT2D eigenvalue weighted by Crippen LogP contribution is 2.40. The largest absolute Gasteiger partial charge is 0.455 e. The number of aromatic nitrogens is 1. The van der Waals surface area contributed by atoms with Crippen molar-refractivity contribution in [2.45, 2.75) is 6.92 Å². The van der Waals surface area contributed by atoms with Crippen LogP contribution in [0.1, 0.15) is 5.56 Å². The number of para-hydroxylation sites is 3. The smallest absolute Gasteiger partial charge is 0.143 e. The van der Waals surface area contributed by atoms with Crippen molar-refractivity contribution < 1.29 is 4.42 Å². The zero-order chi connectivity index (χ0) is 33.9. The van der Waals surface area contributed by atoms with Crippen molar-refractivity contribution in [1.29, 1.82) is 0 Å². The first-order valence-corrected chi connectivity index (χ1v) is 17.5. The predicted molar refractivity (Wildman–Crippen MR) is 215 cm³/mol. The van der Waals surface area contributed by atoms with E-state index in [1.807, 2.05) is 0 Å². The lowest BCUT2D eigenvalue weighted by Gasteiger charge is -2.12. The zero-order valence-electron chi connectivity index (χ0n) is 28.2. The Balaban J connectivity index is 1.05. The van der Waals surface area contributed by atoms with Crippen LogP contribution in [-0.4, -0.2) is 4.57 Å². The third-order valence-electron chi connectivity index (χ3n) is 10.2. The van der Waals surface area contributed by atoms with Crippen LogP contribution in [0.4, 0.5) is 0 Å². The minimum absolute atomic E-state index is 0.893. The molecule has 8 aromatic carbocycles. The Morgan fingerprint density at radius 3 is 1.67 bits per heavy atom. The van der Waals surface area contributed by atoms with E-state index in [4.69, 9.17) is 4.42 Å². The monoisotopic (exact) mass is 651 g/mol. The molecule has 10 rings (SSSR count). The molecule has 0 aliphatic heterocycles. The lowest BCUT2D eigenvalue weighted by molar-refractivity contribution is 0.670. The second kappa shape index (κ2) is 11.8. The lowest BCUT2D eigenvalue weighted by atomic mass is 9.96. The van der Waals surface area contributed by atoms with Crippen LogP contribution in [0.5, 0.6) is 0 Å². The molecule has 0 fully saturated rings. The van der Waals surface area contributed by atoms with Crippen molar-refractivity contribution in [3.8, 4) is 50.2 Å².